The Bertz CT molecular complexity index is 753. The Balaban J connectivity index is 2.05. The summed E-state index contributed by atoms with van der Waals surface area (Å²) in [6, 6.07) is 3.75. The Hall–Kier alpha value is -3.48. The van der Waals surface area contributed by atoms with Crippen LogP contribution in [0.3, 0.4) is 0 Å². The molecule has 0 saturated carbocycles. The number of aliphatic hydroxyl groups is 1. The second-order valence-electron chi connectivity index (χ2n) is 4.71. The molecule has 0 saturated heterocycles. The van der Waals surface area contributed by atoms with E-state index in [9.17, 15) is 9.90 Å². The van der Waals surface area contributed by atoms with Crippen molar-refractivity contribution < 1.29 is 9.90 Å². The van der Waals surface area contributed by atoms with E-state index in [0.29, 0.717) is 0 Å². The highest BCUT2D eigenvalue weighted by Crippen LogP contribution is 2.15. The molecule has 1 aromatic heterocycles. The molecule has 1 aromatic rings. The molecule has 2 heterocycles. The minimum absolute atomic E-state index is 0.0517. The van der Waals surface area contributed by atoms with Gasteiger partial charge >= 0.3 is 0 Å². The molecule has 0 spiro atoms. The van der Waals surface area contributed by atoms with E-state index in [-0.39, 0.29) is 24.6 Å². The first-order chi connectivity index (χ1) is 11.0. The highest BCUT2D eigenvalue weighted by atomic mass is 16.3. The van der Waals surface area contributed by atoms with Crippen molar-refractivity contribution in [2.24, 2.45) is 11.0 Å². The number of carbonyl (C=O) groups is 1. The number of anilines is 1. The molecule has 9 heteroatoms. The van der Waals surface area contributed by atoms with Crippen molar-refractivity contribution in [2.45, 2.75) is 5.60 Å². The van der Waals surface area contributed by atoms with Crippen LogP contribution in [0.4, 0.5) is 5.69 Å². The molecule has 114 valence electrons. The molecule has 0 radical (unpaired) electrons. The number of amides is 1. The van der Waals surface area contributed by atoms with Crippen LogP contribution in [0.5, 0.6) is 0 Å². The number of β-amino-alcohol motifs (C(OH)–C–C–N with tert-alkyl or cyclic N) is 1. The Morgan fingerprint density at radius 2 is 2.22 bits per heavy atom. The van der Waals surface area contributed by atoms with Gasteiger partial charge in [-0.2, -0.15) is 15.6 Å². The number of terminal acetylenes is 1. The molecule has 1 aliphatic rings. The molecule has 1 aliphatic heterocycles. The number of aromatic nitrogens is 2. The molecule has 2 atom stereocenters. The summed E-state index contributed by atoms with van der Waals surface area (Å²) in [5.41, 5.74) is -1.96. The zero-order valence-electron chi connectivity index (χ0n) is 11.8. The molecular formula is C14H11N7O2. The fourth-order valence-corrected chi connectivity index (χ4v) is 1.81. The van der Waals surface area contributed by atoms with Gasteiger partial charge in [-0.15, -0.1) is 6.42 Å². The SMILES string of the molecule is C#C[C@](O)(CN1CC(C#N)C=N1)C(=O)Nc1cnc(C#N)nc1. The molecular weight excluding hydrogens is 298 g/mol. The van der Waals surface area contributed by atoms with E-state index in [0.717, 1.165) is 0 Å². The number of carbonyl (C=O) groups excluding carboxylic acids is 1. The first-order valence-electron chi connectivity index (χ1n) is 6.43. The molecule has 1 amide bonds. The highest BCUT2D eigenvalue weighted by molar-refractivity contribution is 5.99. The number of nitrogens with one attached hydrogen (secondary N) is 1. The number of hydrogen-bond donors (Lipinski definition) is 2. The summed E-state index contributed by atoms with van der Waals surface area (Å²) in [4.78, 5) is 19.6. The van der Waals surface area contributed by atoms with Crippen LogP contribution in [0.1, 0.15) is 5.82 Å². The predicted molar refractivity (Wildman–Crippen MR) is 78.3 cm³/mol. The highest BCUT2D eigenvalue weighted by Gasteiger charge is 2.37. The maximum atomic E-state index is 12.2. The Morgan fingerprint density at radius 1 is 1.52 bits per heavy atom. The standard InChI is InChI=1S/C14H11N7O2/c1-2-14(23,9-21-8-10(3-15)5-19-21)13(22)20-11-6-17-12(4-16)18-7-11/h1,5-7,10,23H,8-9H2,(H,20,22)/t10?,14-/m0/s1. The van der Waals surface area contributed by atoms with Crippen LogP contribution < -0.4 is 5.32 Å². The van der Waals surface area contributed by atoms with Crippen molar-refractivity contribution in [3.63, 3.8) is 0 Å². The largest absolute Gasteiger partial charge is 0.368 e. The van der Waals surface area contributed by atoms with Gasteiger partial charge in [0.05, 0.1) is 37.2 Å². The molecule has 0 aliphatic carbocycles. The second-order valence-corrected chi connectivity index (χ2v) is 4.71. The van der Waals surface area contributed by atoms with E-state index >= 15 is 0 Å². The van der Waals surface area contributed by atoms with Crippen molar-refractivity contribution in [3.8, 4) is 24.5 Å². The lowest BCUT2D eigenvalue weighted by molar-refractivity contribution is -0.130. The van der Waals surface area contributed by atoms with Gasteiger partial charge in [-0.05, 0) is 0 Å². The molecule has 2 rings (SSSR count). The molecule has 2 N–H and O–H groups in total. The van der Waals surface area contributed by atoms with Crippen molar-refractivity contribution in [3.05, 3.63) is 18.2 Å². The summed E-state index contributed by atoms with van der Waals surface area (Å²) in [6.07, 6.45) is 9.14. The maximum Gasteiger partial charge on any atom is 0.271 e. The van der Waals surface area contributed by atoms with Gasteiger partial charge in [0.15, 0.2) is 0 Å². The van der Waals surface area contributed by atoms with Gasteiger partial charge in [0.1, 0.15) is 12.0 Å². The van der Waals surface area contributed by atoms with Crippen LogP contribution >= 0.6 is 0 Å². The van der Waals surface area contributed by atoms with Gasteiger partial charge in [0.25, 0.3) is 5.91 Å². The average Bonchev–Trinajstić information content (AvgIpc) is 3.02. The fourth-order valence-electron chi connectivity index (χ4n) is 1.81. The first kappa shape index (κ1) is 15.9. The van der Waals surface area contributed by atoms with Crippen LogP contribution in [0.25, 0.3) is 0 Å². The summed E-state index contributed by atoms with van der Waals surface area (Å²) < 4.78 is 0. The predicted octanol–water partition coefficient (Wildman–Crippen LogP) is -0.908. The average molecular weight is 309 g/mol. The summed E-state index contributed by atoms with van der Waals surface area (Å²) in [7, 11) is 0. The van der Waals surface area contributed by atoms with E-state index in [2.05, 4.69) is 20.4 Å². The summed E-state index contributed by atoms with van der Waals surface area (Å²) in [5.74, 6) is 0.713. The van der Waals surface area contributed by atoms with Crippen LogP contribution in [0.2, 0.25) is 0 Å². The van der Waals surface area contributed by atoms with Gasteiger partial charge < -0.3 is 10.4 Å². The van der Waals surface area contributed by atoms with E-state index < -0.39 is 17.4 Å². The minimum atomic E-state index is -2.14. The molecule has 0 bridgehead atoms. The van der Waals surface area contributed by atoms with Gasteiger partial charge in [0.2, 0.25) is 11.4 Å². The number of hydrogen-bond acceptors (Lipinski definition) is 8. The number of rotatable bonds is 4. The van der Waals surface area contributed by atoms with Crippen LogP contribution in [0.15, 0.2) is 17.5 Å². The number of hydrazone groups is 1. The molecule has 23 heavy (non-hydrogen) atoms. The second kappa shape index (κ2) is 6.52. The third-order valence-corrected chi connectivity index (χ3v) is 3.02. The molecule has 0 aromatic carbocycles. The van der Waals surface area contributed by atoms with Crippen LogP contribution in [0, 0.1) is 40.9 Å². The van der Waals surface area contributed by atoms with E-state index in [4.69, 9.17) is 16.9 Å². The third-order valence-electron chi connectivity index (χ3n) is 3.02. The zero-order chi connectivity index (χ0) is 16.9. The lowest BCUT2D eigenvalue weighted by atomic mass is 10.0. The first-order valence-corrected chi connectivity index (χ1v) is 6.43. The lowest BCUT2D eigenvalue weighted by Gasteiger charge is -2.25. The minimum Gasteiger partial charge on any atom is -0.368 e. The third kappa shape index (κ3) is 3.59. The molecule has 9 nitrogen and oxygen atoms in total. The van der Waals surface area contributed by atoms with E-state index in [1.807, 2.05) is 12.0 Å². The van der Waals surface area contributed by atoms with E-state index in [1.54, 1.807) is 6.07 Å². The number of nitrogens with zero attached hydrogens (tertiary/aromatic N) is 6. The van der Waals surface area contributed by atoms with Crippen molar-refractivity contribution in [1.82, 2.24) is 15.0 Å². The van der Waals surface area contributed by atoms with E-state index in [1.165, 1.54) is 23.6 Å². The smallest absolute Gasteiger partial charge is 0.271 e. The molecule has 1 unspecified atom stereocenters. The summed E-state index contributed by atoms with van der Waals surface area (Å²) in [5, 5.41) is 35.4. The van der Waals surface area contributed by atoms with Crippen molar-refractivity contribution >= 4 is 17.8 Å². The van der Waals surface area contributed by atoms with Gasteiger partial charge in [-0.3, -0.25) is 9.80 Å². The van der Waals surface area contributed by atoms with Crippen molar-refractivity contribution in [2.75, 3.05) is 18.4 Å². The quantitative estimate of drug-likeness (QED) is 0.686. The maximum absolute atomic E-state index is 12.2. The summed E-state index contributed by atoms with van der Waals surface area (Å²) >= 11 is 0. The van der Waals surface area contributed by atoms with Gasteiger partial charge in [-0.1, -0.05) is 5.92 Å². The normalized spacial score (nSPS) is 18.3. The van der Waals surface area contributed by atoms with Gasteiger partial charge in [0, 0.05) is 6.21 Å². The Kier molecular flexibility index (Phi) is 4.51. The van der Waals surface area contributed by atoms with Crippen LogP contribution in [-0.4, -0.2) is 50.9 Å². The zero-order valence-corrected chi connectivity index (χ0v) is 11.8. The Morgan fingerprint density at radius 3 is 2.74 bits per heavy atom. The topological polar surface area (TPSA) is 138 Å². The van der Waals surface area contributed by atoms with Crippen LogP contribution in [-0.2, 0) is 4.79 Å². The Labute approximate surface area is 131 Å². The fraction of sp³-hybridized carbons (Fsp3) is 0.286. The monoisotopic (exact) mass is 309 g/mol. The number of nitriles is 2. The molecule has 0 fully saturated rings. The lowest BCUT2D eigenvalue weighted by Crippen LogP contribution is -2.49. The van der Waals surface area contributed by atoms with Gasteiger partial charge in [-0.25, -0.2) is 9.97 Å². The summed E-state index contributed by atoms with van der Waals surface area (Å²) in [6.45, 7) is -0.0190. The van der Waals surface area contributed by atoms with Crippen molar-refractivity contribution in [1.29, 1.82) is 10.5 Å².